The molecule has 0 saturated carbocycles. The molecule has 0 atom stereocenters. The zero-order valence-electron chi connectivity index (χ0n) is 21.4. The third kappa shape index (κ3) is 5.39. The smallest absolute Gasteiger partial charge is 0.280 e. The Morgan fingerprint density at radius 1 is 1.00 bits per heavy atom. The lowest BCUT2D eigenvalue weighted by atomic mass is 9.73. The van der Waals surface area contributed by atoms with E-state index in [1.54, 1.807) is 18.2 Å². The topological polar surface area (TPSA) is 121 Å². The van der Waals surface area contributed by atoms with Crippen molar-refractivity contribution in [3.05, 3.63) is 64.9 Å². The summed E-state index contributed by atoms with van der Waals surface area (Å²) in [5.41, 5.74) is 13.0. The van der Waals surface area contributed by atoms with E-state index in [0.29, 0.717) is 16.9 Å². The maximum absolute atomic E-state index is 12.3. The van der Waals surface area contributed by atoms with E-state index >= 15 is 0 Å². The summed E-state index contributed by atoms with van der Waals surface area (Å²) in [6.07, 6.45) is 1.62. The summed E-state index contributed by atoms with van der Waals surface area (Å²) in [5.74, 6) is 0.796. The summed E-state index contributed by atoms with van der Waals surface area (Å²) in [6, 6.07) is 13.2. The van der Waals surface area contributed by atoms with Crippen LogP contribution in [-0.4, -0.2) is 24.3 Å². The van der Waals surface area contributed by atoms with Crippen LogP contribution in [0.25, 0.3) is 11.0 Å². The van der Waals surface area contributed by atoms with Crippen LogP contribution in [0.1, 0.15) is 74.7 Å². The van der Waals surface area contributed by atoms with E-state index in [1.165, 1.54) is 0 Å². The zero-order valence-corrected chi connectivity index (χ0v) is 21.4. The molecule has 2 aromatic carbocycles. The molecule has 1 heterocycles. The lowest BCUT2D eigenvalue weighted by Crippen LogP contribution is -2.27. The summed E-state index contributed by atoms with van der Waals surface area (Å²) in [5, 5.41) is 0.806. The van der Waals surface area contributed by atoms with Crippen molar-refractivity contribution >= 4 is 28.6 Å². The summed E-state index contributed by atoms with van der Waals surface area (Å²) >= 11 is 0. The number of nitrogens with zero attached hydrogens (tertiary/aromatic N) is 1. The van der Waals surface area contributed by atoms with Gasteiger partial charge < -0.3 is 20.6 Å². The van der Waals surface area contributed by atoms with Crippen molar-refractivity contribution in [3.63, 3.8) is 0 Å². The molecule has 0 radical (unpaired) electrons. The first-order chi connectivity index (χ1) is 16.4. The molecule has 0 bridgehead atoms. The minimum absolute atomic E-state index is 0.0425. The standard InChI is InChI=1S/C28H35N3O4/c1-7-28(8-2,20-10-12-21(17(3)13-20)34-16-23(32)27(4,5)6)24-15-19-14-18(9-11-22(19)35-24)25(33)31-26(29)30/h9-15H,7-8,16H2,1-6H3,(H4,29,30,31,33). The number of Topliss-reactive ketones (excluding diaryl/α,β-unsaturated/α-hetero) is 1. The largest absolute Gasteiger partial charge is 0.486 e. The summed E-state index contributed by atoms with van der Waals surface area (Å²) in [7, 11) is 0. The van der Waals surface area contributed by atoms with Gasteiger partial charge in [-0.05, 0) is 61.2 Å². The minimum Gasteiger partial charge on any atom is -0.486 e. The van der Waals surface area contributed by atoms with E-state index < -0.39 is 11.3 Å². The number of guanidine groups is 1. The molecule has 35 heavy (non-hydrogen) atoms. The van der Waals surface area contributed by atoms with E-state index in [-0.39, 0.29) is 23.8 Å². The Kier molecular flexibility index (Phi) is 7.38. The van der Waals surface area contributed by atoms with Gasteiger partial charge in [0, 0.05) is 16.4 Å². The van der Waals surface area contributed by atoms with Gasteiger partial charge in [-0.2, -0.15) is 4.99 Å². The van der Waals surface area contributed by atoms with Gasteiger partial charge in [-0.25, -0.2) is 0 Å². The quantitative estimate of drug-likeness (QED) is 0.337. The number of aryl methyl sites for hydroxylation is 1. The number of amides is 1. The van der Waals surface area contributed by atoms with Crippen molar-refractivity contribution in [2.75, 3.05) is 6.61 Å². The Bertz CT molecular complexity index is 1270. The first-order valence-corrected chi connectivity index (χ1v) is 11.9. The summed E-state index contributed by atoms with van der Waals surface area (Å²) < 4.78 is 12.1. The lowest BCUT2D eigenvalue weighted by molar-refractivity contribution is -0.128. The fourth-order valence-corrected chi connectivity index (χ4v) is 4.21. The zero-order chi connectivity index (χ0) is 26.0. The van der Waals surface area contributed by atoms with Crippen LogP contribution in [0.5, 0.6) is 5.75 Å². The lowest BCUT2D eigenvalue weighted by Gasteiger charge is -2.31. The molecule has 0 aliphatic rings. The highest BCUT2D eigenvalue weighted by molar-refractivity contribution is 6.03. The maximum Gasteiger partial charge on any atom is 0.280 e. The van der Waals surface area contributed by atoms with Crippen molar-refractivity contribution < 1.29 is 18.7 Å². The second-order valence-electron chi connectivity index (χ2n) is 9.94. The second kappa shape index (κ2) is 9.94. The average molecular weight is 478 g/mol. The molecule has 0 spiro atoms. The Balaban J connectivity index is 1.97. The van der Waals surface area contributed by atoms with E-state index in [4.69, 9.17) is 20.6 Å². The van der Waals surface area contributed by atoms with Crippen LogP contribution in [0.15, 0.2) is 51.9 Å². The highest BCUT2D eigenvalue weighted by atomic mass is 16.5. The van der Waals surface area contributed by atoms with Crippen molar-refractivity contribution in [1.82, 2.24) is 0 Å². The molecule has 0 aliphatic carbocycles. The maximum atomic E-state index is 12.3. The van der Waals surface area contributed by atoms with E-state index in [0.717, 1.165) is 35.1 Å². The summed E-state index contributed by atoms with van der Waals surface area (Å²) in [4.78, 5) is 28.1. The van der Waals surface area contributed by atoms with E-state index in [2.05, 4.69) is 24.9 Å². The SMILES string of the molecule is CCC(CC)(c1ccc(OCC(=O)C(C)(C)C)c(C)c1)c1cc2cc(C(=O)N=C(N)N)ccc2o1. The van der Waals surface area contributed by atoms with Gasteiger partial charge in [0.1, 0.15) is 23.7 Å². The number of nitrogens with two attached hydrogens (primary N) is 2. The number of rotatable bonds is 8. The van der Waals surface area contributed by atoms with Crippen molar-refractivity contribution in [1.29, 1.82) is 0 Å². The number of benzene rings is 2. The van der Waals surface area contributed by atoms with Gasteiger partial charge in [0.2, 0.25) is 0 Å². The average Bonchev–Trinajstić information content (AvgIpc) is 3.22. The van der Waals surface area contributed by atoms with Crippen LogP contribution in [0, 0.1) is 12.3 Å². The van der Waals surface area contributed by atoms with E-state index in [9.17, 15) is 9.59 Å². The Morgan fingerprint density at radius 2 is 1.69 bits per heavy atom. The number of carbonyl (C=O) groups excluding carboxylic acids is 2. The van der Waals surface area contributed by atoms with Gasteiger partial charge in [0.15, 0.2) is 11.7 Å². The highest BCUT2D eigenvalue weighted by Crippen LogP contribution is 2.42. The molecule has 0 aliphatic heterocycles. The fourth-order valence-electron chi connectivity index (χ4n) is 4.21. The molecule has 1 aromatic heterocycles. The predicted molar refractivity (Wildman–Crippen MR) is 139 cm³/mol. The van der Waals surface area contributed by atoms with E-state index in [1.807, 2.05) is 45.9 Å². The van der Waals surface area contributed by atoms with Gasteiger partial charge in [-0.3, -0.25) is 9.59 Å². The van der Waals surface area contributed by atoms with Crippen molar-refractivity contribution in [3.8, 4) is 5.75 Å². The van der Waals surface area contributed by atoms with Crippen LogP contribution < -0.4 is 16.2 Å². The number of ketones is 1. The Morgan fingerprint density at radius 3 is 2.26 bits per heavy atom. The monoisotopic (exact) mass is 477 g/mol. The van der Waals surface area contributed by atoms with Gasteiger partial charge >= 0.3 is 0 Å². The molecule has 4 N–H and O–H groups in total. The number of hydrogen-bond acceptors (Lipinski definition) is 4. The minimum atomic E-state index is -0.497. The molecule has 0 fully saturated rings. The van der Waals surface area contributed by atoms with Crippen LogP contribution in [-0.2, 0) is 10.2 Å². The first-order valence-electron chi connectivity index (χ1n) is 11.9. The Hall–Kier alpha value is -3.61. The highest BCUT2D eigenvalue weighted by Gasteiger charge is 2.35. The molecule has 7 nitrogen and oxygen atoms in total. The Labute approximate surface area is 206 Å². The predicted octanol–water partition coefficient (Wildman–Crippen LogP) is 5.25. The molecule has 7 heteroatoms. The molecule has 3 aromatic rings. The number of ether oxygens (including phenoxy) is 1. The molecule has 1 amide bonds. The number of furan rings is 1. The third-order valence-electron chi connectivity index (χ3n) is 6.60. The molecular weight excluding hydrogens is 442 g/mol. The van der Waals surface area contributed by atoms with Crippen molar-refractivity contribution in [2.24, 2.45) is 21.9 Å². The number of hydrogen-bond donors (Lipinski definition) is 2. The number of aliphatic imine (C=N–C) groups is 1. The molecule has 0 saturated heterocycles. The van der Waals surface area contributed by atoms with Crippen molar-refractivity contribution in [2.45, 2.75) is 59.8 Å². The fraction of sp³-hybridized carbons (Fsp3) is 0.393. The van der Waals surface area contributed by atoms with Gasteiger partial charge in [-0.15, -0.1) is 0 Å². The van der Waals surface area contributed by atoms with Crippen LogP contribution in [0.2, 0.25) is 0 Å². The number of carbonyl (C=O) groups is 2. The molecule has 0 unspecified atom stereocenters. The van der Waals surface area contributed by atoms with Gasteiger partial charge in [0.25, 0.3) is 5.91 Å². The van der Waals surface area contributed by atoms with Crippen LogP contribution >= 0.6 is 0 Å². The molecule has 186 valence electrons. The summed E-state index contributed by atoms with van der Waals surface area (Å²) in [6.45, 7) is 11.9. The molecular formula is C28H35N3O4. The second-order valence-corrected chi connectivity index (χ2v) is 9.94. The normalized spacial score (nSPS) is 11.9. The third-order valence-corrected chi connectivity index (χ3v) is 6.60. The van der Waals surface area contributed by atoms with Crippen LogP contribution in [0.4, 0.5) is 0 Å². The van der Waals surface area contributed by atoms with Crippen LogP contribution in [0.3, 0.4) is 0 Å². The number of fused-ring (bicyclic) bond motifs is 1. The molecule has 3 rings (SSSR count). The first kappa shape index (κ1) is 26.0. The van der Waals surface area contributed by atoms with Gasteiger partial charge in [0.05, 0.1) is 5.41 Å². The van der Waals surface area contributed by atoms with Gasteiger partial charge in [-0.1, -0.05) is 46.8 Å².